The third kappa shape index (κ3) is 3.89. The van der Waals surface area contributed by atoms with Gasteiger partial charge in [0.25, 0.3) is 0 Å². The number of aliphatic hydroxyl groups is 1. The van der Waals surface area contributed by atoms with E-state index < -0.39 is 18.3 Å². The minimum absolute atomic E-state index is 0.168. The van der Waals surface area contributed by atoms with Crippen LogP contribution in [0.1, 0.15) is 20.8 Å². The Balaban J connectivity index is 2.94. The molecule has 112 valence electrons. The molecule has 0 saturated carbocycles. The first-order valence-corrected chi connectivity index (χ1v) is 6.54. The van der Waals surface area contributed by atoms with Crippen LogP contribution in [-0.2, 0) is 19.0 Å². The highest BCUT2D eigenvalue weighted by Crippen LogP contribution is 2.27. The summed E-state index contributed by atoms with van der Waals surface area (Å²) in [7, 11) is 3.08. The van der Waals surface area contributed by atoms with Gasteiger partial charge in [-0.1, -0.05) is 13.8 Å². The van der Waals surface area contributed by atoms with Crippen LogP contribution < -0.4 is 5.32 Å². The fourth-order valence-corrected chi connectivity index (χ4v) is 2.54. The predicted molar refractivity (Wildman–Crippen MR) is 69.8 cm³/mol. The maximum absolute atomic E-state index is 11.3. The highest BCUT2D eigenvalue weighted by Gasteiger charge is 2.46. The Morgan fingerprint density at radius 2 is 2.05 bits per heavy atom. The molecule has 0 aliphatic carbocycles. The van der Waals surface area contributed by atoms with Crippen LogP contribution in [0.3, 0.4) is 0 Å². The van der Waals surface area contributed by atoms with Crippen LogP contribution in [0.2, 0.25) is 0 Å². The molecule has 1 aliphatic rings. The molecule has 1 heterocycles. The van der Waals surface area contributed by atoms with Gasteiger partial charge in [-0.05, 0) is 5.92 Å². The van der Waals surface area contributed by atoms with Crippen molar-refractivity contribution in [2.24, 2.45) is 5.92 Å². The lowest BCUT2D eigenvalue weighted by atomic mass is 9.87. The van der Waals surface area contributed by atoms with Crippen molar-refractivity contribution in [1.29, 1.82) is 0 Å². The predicted octanol–water partition coefficient (Wildman–Crippen LogP) is -0.0632. The summed E-state index contributed by atoms with van der Waals surface area (Å²) in [5.74, 6) is 0.0139. The van der Waals surface area contributed by atoms with Gasteiger partial charge in [-0.25, -0.2) is 0 Å². The molecule has 6 heteroatoms. The first-order valence-electron chi connectivity index (χ1n) is 6.54. The molecule has 1 amide bonds. The van der Waals surface area contributed by atoms with Gasteiger partial charge >= 0.3 is 0 Å². The summed E-state index contributed by atoms with van der Waals surface area (Å²) in [5, 5.41) is 13.1. The van der Waals surface area contributed by atoms with E-state index in [1.54, 1.807) is 7.11 Å². The maximum Gasteiger partial charge on any atom is 0.217 e. The second-order valence-electron chi connectivity index (χ2n) is 5.26. The van der Waals surface area contributed by atoms with Gasteiger partial charge in [-0.15, -0.1) is 0 Å². The molecular weight excluding hydrogens is 250 g/mol. The number of hydrogen-bond acceptors (Lipinski definition) is 5. The zero-order valence-electron chi connectivity index (χ0n) is 12.3. The largest absolute Gasteiger partial charge is 0.388 e. The second kappa shape index (κ2) is 7.19. The molecule has 1 saturated heterocycles. The Kier molecular flexibility index (Phi) is 6.19. The molecule has 5 atom stereocenters. The first-order chi connectivity index (χ1) is 8.92. The maximum atomic E-state index is 11.3. The Bertz CT molecular complexity index is 295. The number of amides is 1. The Morgan fingerprint density at radius 3 is 2.47 bits per heavy atom. The van der Waals surface area contributed by atoms with Crippen LogP contribution in [0, 0.1) is 5.92 Å². The molecule has 1 rings (SSSR count). The van der Waals surface area contributed by atoms with Gasteiger partial charge in [-0.2, -0.15) is 0 Å². The standard InChI is InChI=1S/C13H25NO5/c1-7(2)12-10(14-8(3)15)13(18-5)11(16)9(19-12)6-17-4/h7,9-13,16H,6H2,1-5H3,(H,14,15)/t9?,10?,11-,12-,13+/m0/s1. The van der Waals surface area contributed by atoms with E-state index in [-0.39, 0.29) is 30.6 Å². The quantitative estimate of drug-likeness (QED) is 0.735. The average molecular weight is 275 g/mol. The van der Waals surface area contributed by atoms with Gasteiger partial charge < -0.3 is 24.6 Å². The van der Waals surface area contributed by atoms with Crippen LogP contribution in [0.15, 0.2) is 0 Å². The zero-order chi connectivity index (χ0) is 14.6. The van der Waals surface area contributed by atoms with Crippen molar-refractivity contribution in [3.05, 3.63) is 0 Å². The minimum Gasteiger partial charge on any atom is -0.388 e. The highest BCUT2D eigenvalue weighted by molar-refractivity contribution is 5.73. The van der Waals surface area contributed by atoms with Gasteiger partial charge in [0.2, 0.25) is 5.91 Å². The number of methoxy groups -OCH3 is 2. The van der Waals surface area contributed by atoms with E-state index in [2.05, 4.69) is 5.32 Å². The van der Waals surface area contributed by atoms with E-state index in [0.29, 0.717) is 0 Å². The van der Waals surface area contributed by atoms with Crippen molar-refractivity contribution in [3.8, 4) is 0 Å². The number of aliphatic hydroxyl groups excluding tert-OH is 1. The van der Waals surface area contributed by atoms with Crippen molar-refractivity contribution in [1.82, 2.24) is 5.32 Å². The summed E-state index contributed by atoms with van der Waals surface area (Å²) < 4.78 is 16.3. The van der Waals surface area contributed by atoms with E-state index >= 15 is 0 Å². The van der Waals surface area contributed by atoms with Crippen LogP contribution in [-0.4, -0.2) is 62.3 Å². The van der Waals surface area contributed by atoms with Crippen molar-refractivity contribution >= 4 is 5.91 Å². The Hall–Kier alpha value is -0.690. The third-order valence-electron chi connectivity index (χ3n) is 3.39. The summed E-state index contributed by atoms with van der Waals surface area (Å²) >= 11 is 0. The first kappa shape index (κ1) is 16.4. The molecule has 0 aromatic carbocycles. The molecule has 1 aliphatic heterocycles. The second-order valence-corrected chi connectivity index (χ2v) is 5.26. The van der Waals surface area contributed by atoms with E-state index in [0.717, 1.165) is 0 Å². The van der Waals surface area contributed by atoms with E-state index in [1.165, 1.54) is 14.0 Å². The molecule has 6 nitrogen and oxygen atoms in total. The van der Waals surface area contributed by atoms with Crippen LogP contribution in [0.25, 0.3) is 0 Å². The molecule has 0 bridgehead atoms. The monoisotopic (exact) mass is 275 g/mol. The van der Waals surface area contributed by atoms with Gasteiger partial charge in [0.05, 0.1) is 18.8 Å². The molecule has 1 fully saturated rings. The SMILES string of the molecule is COCC1O[C@@H](C(C)C)C(NC(C)=O)[C@@H](OC)[C@H]1O. The van der Waals surface area contributed by atoms with Crippen LogP contribution >= 0.6 is 0 Å². The number of carbonyl (C=O) groups excluding carboxylic acids is 1. The summed E-state index contributed by atoms with van der Waals surface area (Å²) in [4.78, 5) is 11.3. The van der Waals surface area contributed by atoms with E-state index in [9.17, 15) is 9.90 Å². The fraction of sp³-hybridized carbons (Fsp3) is 0.923. The van der Waals surface area contributed by atoms with Crippen LogP contribution in [0.4, 0.5) is 0 Å². The third-order valence-corrected chi connectivity index (χ3v) is 3.39. The summed E-state index contributed by atoms with van der Waals surface area (Å²) in [5.41, 5.74) is 0. The number of carbonyl (C=O) groups is 1. The Morgan fingerprint density at radius 1 is 1.42 bits per heavy atom. The van der Waals surface area contributed by atoms with Gasteiger partial charge in [0, 0.05) is 21.1 Å². The Labute approximate surface area is 114 Å². The lowest BCUT2D eigenvalue weighted by Gasteiger charge is -2.45. The summed E-state index contributed by atoms with van der Waals surface area (Å²) in [6, 6.07) is -0.370. The normalized spacial score (nSPS) is 35.4. The lowest BCUT2D eigenvalue weighted by Crippen LogP contribution is -2.65. The molecular formula is C13H25NO5. The fourth-order valence-electron chi connectivity index (χ4n) is 2.54. The van der Waals surface area contributed by atoms with Crippen molar-refractivity contribution in [2.75, 3.05) is 20.8 Å². The zero-order valence-corrected chi connectivity index (χ0v) is 12.3. The summed E-state index contributed by atoms with van der Waals surface area (Å²) in [6.07, 6.45) is -2.02. The van der Waals surface area contributed by atoms with Crippen molar-refractivity contribution in [3.63, 3.8) is 0 Å². The molecule has 2 unspecified atom stereocenters. The highest BCUT2D eigenvalue weighted by atomic mass is 16.6. The van der Waals surface area contributed by atoms with E-state index in [1.807, 2.05) is 13.8 Å². The molecule has 2 N–H and O–H groups in total. The number of nitrogens with one attached hydrogen (secondary N) is 1. The van der Waals surface area contributed by atoms with Crippen molar-refractivity contribution < 1.29 is 24.1 Å². The minimum atomic E-state index is -0.836. The smallest absolute Gasteiger partial charge is 0.217 e. The molecule has 0 spiro atoms. The molecule has 0 aromatic rings. The summed E-state index contributed by atoms with van der Waals surface area (Å²) in [6.45, 7) is 5.75. The van der Waals surface area contributed by atoms with Crippen molar-refractivity contribution in [2.45, 2.75) is 51.2 Å². The topological polar surface area (TPSA) is 77.0 Å². The molecule has 0 radical (unpaired) electrons. The average Bonchev–Trinajstić information content (AvgIpc) is 2.32. The lowest BCUT2D eigenvalue weighted by molar-refractivity contribution is -0.213. The number of ether oxygens (including phenoxy) is 3. The molecule has 0 aromatic heterocycles. The van der Waals surface area contributed by atoms with Gasteiger partial charge in [-0.3, -0.25) is 4.79 Å². The van der Waals surface area contributed by atoms with Crippen LogP contribution in [0.5, 0.6) is 0 Å². The number of rotatable bonds is 5. The van der Waals surface area contributed by atoms with Gasteiger partial charge in [0.15, 0.2) is 0 Å². The van der Waals surface area contributed by atoms with E-state index in [4.69, 9.17) is 14.2 Å². The molecule has 19 heavy (non-hydrogen) atoms. The number of hydrogen-bond donors (Lipinski definition) is 2. The van der Waals surface area contributed by atoms with Gasteiger partial charge in [0.1, 0.15) is 18.3 Å².